The minimum absolute atomic E-state index is 0.265. The predicted octanol–water partition coefficient (Wildman–Crippen LogP) is 7.89. The number of piperidine rings is 1. The summed E-state index contributed by atoms with van der Waals surface area (Å²) in [5, 5.41) is 9.34. The molecule has 1 unspecified atom stereocenters. The standard InChI is InChI=1S/C29H30P2.C6H14N2.2ClH.Ru/c1-6-16-26(17-7-1)30(27-18-8-2-9-19-27)24-14-5-15-25-31(28-20-10-3-11-21-28)29-22-12-4-13-23-29;7-5-6-3-1-2-4-8-6;;;/h1-4,6-13,16-23H,5,14-15,24-25H2;6,8H,1-5,7H2;2*1H;/q;;;;+2/p-2. The molecule has 1 aliphatic rings. The van der Waals surface area contributed by atoms with E-state index in [4.69, 9.17) is 25.1 Å². The van der Waals surface area contributed by atoms with Gasteiger partial charge in [0.15, 0.2) is 0 Å². The molecule has 1 aliphatic heterocycles. The molecule has 0 saturated carbocycles. The summed E-state index contributed by atoms with van der Waals surface area (Å²) in [6.07, 6.45) is 10.4. The van der Waals surface area contributed by atoms with Gasteiger partial charge in [0.2, 0.25) is 0 Å². The van der Waals surface area contributed by atoms with Gasteiger partial charge in [0, 0.05) is 12.6 Å². The van der Waals surface area contributed by atoms with Gasteiger partial charge in [-0.25, -0.2) is 0 Å². The average molecular weight is 727 g/mol. The molecule has 2 nitrogen and oxygen atoms in total. The molecule has 42 heavy (non-hydrogen) atoms. The number of hydrogen-bond acceptors (Lipinski definition) is 2. The summed E-state index contributed by atoms with van der Waals surface area (Å²) in [6.45, 7) is 1.97. The van der Waals surface area contributed by atoms with Crippen LogP contribution in [0.1, 0.15) is 38.5 Å². The zero-order valence-corrected chi connectivity index (χ0v) is 29.3. The molecular weight excluding hydrogens is 682 g/mol. The van der Waals surface area contributed by atoms with E-state index in [2.05, 4.69) is 127 Å². The maximum absolute atomic E-state index is 5.44. The van der Waals surface area contributed by atoms with E-state index in [1.165, 1.54) is 78.6 Å². The van der Waals surface area contributed by atoms with Gasteiger partial charge in [0.05, 0.1) is 0 Å². The van der Waals surface area contributed by atoms with Crippen molar-refractivity contribution in [2.24, 2.45) is 5.73 Å². The molecule has 4 aromatic rings. The molecule has 1 fully saturated rings. The Balaban J connectivity index is 0.000000372. The fourth-order valence-corrected chi connectivity index (χ4v) is 9.92. The molecule has 1 atom stereocenters. The largest absolute Gasteiger partial charge is 0.0622 e. The van der Waals surface area contributed by atoms with Crippen LogP contribution in [0.4, 0.5) is 0 Å². The first-order chi connectivity index (χ1) is 20.8. The first kappa shape index (κ1) is 35.3. The monoisotopic (exact) mass is 726 g/mol. The maximum Gasteiger partial charge on any atom is -0.0195 e. The summed E-state index contributed by atoms with van der Waals surface area (Å²) in [6, 6.07) is 45.0. The van der Waals surface area contributed by atoms with Crippen LogP contribution in [0.2, 0.25) is 0 Å². The smallest absolute Gasteiger partial charge is 0.0195 e. The minimum Gasteiger partial charge on any atom is -0.0622 e. The molecule has 1 saturated heterocycles. The third-order valence-electron chi connectivity index (χ3n) is 7.23. The van der Waals surface area contributed by atoms with Crippen molar-refractivity contribution in [3.8, 4) is 0 Å². The van der Waals surface area contributed by atoms with Crippen LogP contribution in [0.5, 0.6) is 0 Å². The molecule has 0 radical (unpaired) electrons. The summed E-state index contributed by atoms with van der Waals surface area (Å²) < 4.78 is 0. The van der Waals surface area contributed by atoms with Crippen molar-refractivity contribution >= 4 is 56.4 Å². The van der Waals surface area contributed by atoms with Crippen LogP contribution in [-0.2, 0) is 15.1 Å². The van der Waals surface area contributed by atoms with Crippen LogP contribution >= 0.6 is 35.2 Å². The number of rotatable bonds is 11. The van der Waals surface area contributed by atoms with Gasteiger partial charge in [-0.1, -0.05) is 134 Å². The molecule has 0 spiro atoms. The van der Waals surface area contributed by atoms with E-state index in [1.807, 2.05) is 0 Å². The molecule has 5 rings (SSSR count). The van der Waals surface area contributed by atoms with Crippen molar-refractivity contribution in [3.05, 3.63) is 121 Å². The molecule has 0 bridgehead atoms. The zero-order chi connectivity index (χ0) is 29.7. The van der Waals surface area contributed by atoms with Crippen LogP contribution in [0, 0.1) is 0 Å². The second kappa shape index (κ2) is 22.4. The fraction of sp³-hybridized carbons (Fsp3) is 0.314. The summed E-state index contributed by atoms with van der Waals surface area (Å²) in [7, 11) is 9.18. The van der Waals surface area contributed by atoms with Gasteiger partial charge in [-0.2, -0.15) is 0 Å². The van der Waals surface area contributed by atoms with E-state index in [-0.39, 0.29) is 31.0 Å². The van der Waals surface area contributed by atoms with E-state index >= 15 is 0 Å². The molecule has 3 N–H and O–H groups in total. The number of nitrogens with one attached hydrogen (secondary N) is 1. The van der Waals surface area contributed by atoms with Crippen LogP contribution in [0.25, 0.3) is 0 Å². The fourth-order valence-electron chi connectivity index (χ4n) is 5.09. The third kappa shape index (κ3) is 13.2. The Morgan fingerprint density at radius 1 is 0.595 bits per heavy atom. The number of nitrogens with two attached hydrogens (primary N) is 1. The Labute approximate surface area is 272 Å². The Kier molecular flexibility index (Phi) is 18.8. The molecule has 226 valence electrons. The van der Waals surface area contributed by atoms with E-state index in [9.17, 15) is 0 Å². The van der Waals surface area contributed by atoms with Crippen molar-refractivity contribution in [3.63, 3.8) is 0 Å². The van der Waals surface area contributed by atoms with E-state index in [1.54, 1.807) is 0 Å². The first-order valence-corrected chi connectivity index (χ1v) is 22.3. The summed E-state index contributed by atoms with van der Waals surface area (Å²) in [5.41, 5.74) is 5.44. The van der Waals surface area contributed by atoms with Crippen molar-refractivity contribution in [1.29, 1.82) is 0 Å². The minimum atomic E-state index is -0.346. The third-order valence-corrected chi connectivity index (χ3v) is 12.4. The summed E-state index contributed by atoms with van der Waals surface area (Å²) >= 11 is -0.346. The van der Waals surface area contributed by atoms with Gasteiger partial charge >= 0.3 is 34.5 Å². The molecule has 0 aliphatic carbocycles. The van der Waals surface area contributed by atoms with E-state index in [0.717, 1.165) is 6.54 Å². The number of halogens is 2. The van der Waals surface area contributed by atoms with Crippen molar-refractivity contribution in [2.45, 2.75) is 44.6 Å². The van der Waals surface area contributed by atoms with Gasteiger partial charge < -0.3 is 11.1 Å². The molecule has 0 aromatic heterocycles. The Morgan fingerprint density at radius 2 is 0.952 bits per heavy atom. The Bertz CT molecular complexity index is 1020. The quantitative estimate of drug-likeness (QED) is 0.0939. The number of benzene rings is 4. The average Bonchev–Trinajstić information content (AvgIpc) is 3.07. The topological polar surface area (TPSA) is 38.0 Å². The first-order valence-electron chi connectivity index (χ1n) is 14.8. The van der Waals surface area contributed by atoms with Gasteiger partial charge in [-0.3, -0.25) is 0 Å². The van der Waals surface area contributed by atoms with Crippen molar-refractivity contribution < 1.29 is 15.1 Å². The normalized spacial score (nSPS) is 14.5. The van der Waals surface area contributed by atoms with Crippen molar-refractivity contribution in [1.82, 2.24) is 5.32 Å². The second-order valence-electron chi connectivity index (χ2n) is 10.1. The SMILES string of the molecule is NCC1CCCCN1.[Cl][Ru][Cl].c1ccc(P(CCCCCP(c2ccccc2)c2ccccc2)c2ccccc2)cc1. The zero-order valence-electron chi connectivity index (χ0n) is 24.3. The summed E-state index contributed by atoms with van der Waals surface area (Å²) in [4.78, 5) is 0. The van der Waals surface area contributed by atoms with Crippen molar-refractivity contribution in [2.75, 3.05) is 25.4 Å². The van der Waals surface area contributed by atoms with Gasteiger partial charge in [-0.15, -0.1) is 0 Å². The van der Waals surface area contributed by atoms with Crippen LogP contribution in [-0.4, -0.2) is 31.5 Å². The molecule has 0 amide bonds. The van der Waals surface area contributed by atoms with E-state index < -0.39 is 0 Å². The maximum atomic E-state index is 5.44. The molecular formula is C35H44Cl2N2P2Ru. The Hall–Kier alpha value is -1.14. The number of unbranched alkanes of at least 4 members (excludes halogenated alkanes) is 2. The number of hydrogen-bond donors (Lipinski definition) is 2. The molecule has 4 aromatic carbocycles. The van der Waals surface area contributed by atoms with Crippen LogP contribution in [0.15, 0.2) is 121 Å². The predicted molar refractivity (Wildman–Crippen MR) is 188 cm³/mol. The molecule has 1 heterocycles. The second-order valence-corrected chi connectivity index (χ2v) is 17.5. The van der Waals surface area contributed by atoms with E-state index in [0.29, 0.717) is 6.04 Å². The van der Waals surface area contributed by atoms with Gasteiger partial charge in [-0.05, 0) is 81.6 Å². The molecule has 7 heteroatoms. The Morgan fingerprint density at radius 3 is 1.21 bits per heavy atom. The van der Waals surface area contributed by atoms with Gasteiger partial charge in [0.25, 0.3) is 0 Å². The van der Waals surface area contributed by atoms with Gasteiger partial charge in [0.1, 0.15) is 0 Å². The summed E-state index contributed by atoms with van der Waals surface area (Å²) in [5.74, 6) is 0. The van der Waals surface area contributed by atoms with Crippen LogP contribution in [0.3, 0.4) is 0 Å². The van der Waals surface area contributed by atoms with Crippen LogP contribution < -0.4 is 32.3 Å².